The van der Waals surface area contributed by atoms with Crippen LogP contribution in [0, 0.1) is 5.92 Å². The lowest BCUT2D eigenvalue weighted by atomic mass is 9.89. The molecule has 0 bridgehead atoms. The summed E-state index contributed by atoms with van der Waals surface area (Å²) in [5, 5.41) is 17.5. The summed E-state index contributed by atoms with van der Waals surface area (Å²) in [6, 6.07) is 0. The molecule has 1 saturated carbocycles. The smallest absolute Gasteiger partial charge is 0.0783 e. The Morgan fingerprint density at radius 3 is 1.22 bits per heavy atom. The van der Waals surface area contributed by atoms with Gasteiger partial charge in [0.05, 0.1) is 12.9 Å². The molecule has 0 atom stereocenters. The number of nitrogens with zero attached hydrogens (tertiary/aromatic N) is 2. The van der Waals surface area contributed by atoms with Crippen molar-refractivity contribution in [2.24, 2.45) is 5.92 Å². The summed E-state index contributed by atoms with van der Waals surface area (Å²) in [5.41, 5.74) is 4.05. The van der Waals surface area contributed by atoms with Gasteiger partial charge in [-0.15, -0.1) is 5.73 Å². The van der Waals surface area contributed by atoms with Crippen molar-refractivity contribution in [2.75, 3.05) is 46.9 Å². The maximum Gasteiger partial charge on any atom is 0.0783 e. The van der Waals surface area contributed by atoms with Crippen molar-refractivity contribution in [1.29, 1.82) is 0 Å². The molecule has 0 unspecified atom stereocenters. The van der Waals surface area contributed by atoms with Gasteiger partial charge in [-0.3, -0.25) is 0 Å². The van der Waals surface area contributed by atoms with Crippen LogP contribution >= 0.6 is 0 Å². The fraction of sp³-hybridized carbons (Fsp3) is 0.902. The van der Waals surface area contributed by atoms with Crippen LogP contribution in [0.15, 0.2) is 30.2 Å². The van der Waals surface area contributed by atoms with Crippen molar-refractivity contribution in [3.63, 3.8) is 0 Å². The molecular weight excluding hydrogens is 673 g/mol. The molecule has 0 aromatic carbocycles. The minimum Gasteiger partial charge on any atom is -0.516 e. The molecule has 0 spiro atoms. The fourth-order valence-electron chi connectivity index (χ4n) is 7.44. The van der Waals surface area contributed by atoms with Crippen molar-refractivity contribution in [3.8, 4) is 0 Å². The normalized spacial score (nSPS) is 12.1. The van der Waals surface area contributed by atoms with Crippen LogP contribution in [-0.2, 0) is 0 Å². The number of aliphatic hydroxyl groups excluding tert-OH is 2. The summed E-state index contributed by atoms with van der Waals surface area (Å²) in [6.07, 6.45) is 51.6. The highest BCUT2D eigenvalue weighted by Gasteiger charge is 2.10. The maximum absolute atomic E-state index is 9.46. The van der Waals surface area contributed by atoms with Gasteiger partial charge in [0.15, 0.2) is 0 Å². The van der Waals surface area contributed by atoms with Crippen molar-refractivity contribution < 1.29 is 10.2 Å². The van der Waals surface area contributed by atoms with Crippen molar-refractivity contribution >= 4 is 0 Å². The molecule has 0 heterocycles. The molecule has 0 saturated heterocycles. The van der Waals surface area contributed by atoms with E-state index in [0.29, 0.717) is 6.61 Å². The summed E-state index contributed by atoms with van der Waals surface area (Å²) in [4.78, 5) is 4.77. The van der Waals surface area contributed by atoms with E-state index in [-0.39, 0.29) is 0 Å². The molecule has 1 aliphatic carbocycles. The standard InChI is InChI=1S/C36H71NO.C11H25N.C4H6O/c1-4-7-10-13-16-17-22-27-32-37(34-35-38)33-28-23-18-21-26-31-36(29-24-19-14-11-8-5-2)30-25-20-15-12-9-6-3;1-4-5-6-7-8-9-10-11-12(2)3;5-3-4-1-2-4/h7,36,38H,1,5-6,8-35H2,2-3H3;4-11H2,1-3H3;3,5H,1-2H2. The van der Waals surface area contributed by atoms with Gasteiger partial charge >= 0.3 is 0 Å². The van der Waals surface area contributed by atoms with Crippen LogP contribution in [0.1, 0.15) is 245 Å². The molecule has 2 N–H and O–H groups in total. The van der Waals surface area contributed by atoms with Crippen molar-refractivity contribution in [1.82, 2.24) is 9.80 Å². The predicted octanol–water partition coefficient (Wildman–Crippen LogP) is 15.9. The highest BCUT2D eigenvalue weighted by atomic mass is 16.3. The lowest BCUT2D eigenvalue weighted by molar-refractivity contribution is 0.190. The topological polar surface area (TPSA) is 46.9 Å². The highest BCUT2D eigenvalue weighted by molar-refractivity contribution is 5.12. The van der Waals surface area contributed by atoms with Crippen LogP contribution in [0.25, 0.3) is 0 Å². The van der Waals surface area contributed by atoms with E-state index in [4.69, 9.17) is 5.11 Å². The minimum absolute atomic E-state index is 0.298. The van der Waals surface area contributed by atoms with E-state index in [1.807, 2.05) is 6.08 Å². The van der Waals surface area contributed by atoms with Gasteiger partial charge in [-0.1, -0.05) is 207 Å². The average molecular weight is 775 g/mol. The molecule has 0 aromatic rings. The Morgan fingerprint density at radius 1 is 0.527 bits per heavy atom. The first-order chi connectivity index (χ1) is 27.0. The number of rotatable bonds is 40. The Balaban J connectivity index is 0. The molecule has 1 fully saturated rings. The minimum atomic E-state index is 0.298. The van der Waals surface area contributed by atoms with Crippen LogP contribution in [-0.4, -0.2) is 66.9 Å². The number of allylic oxidation sites excluding steroid dienone is 2. The second kappa shape index (κ2) is 49.1. The van der Waals surface area contributed by atoms with Gasteiger partial charge in [0.2, 0.25) is 0 Å². The van der Waals surface area contributed by atoms with Crippen LogP contribution in [0.3, 0.4) is 0 Å². The molecule has 0 aliphatic heterocycles. The Kier molecular flexibility index (Phi) is 50.0. The highest BCUT2D eigenvalue weighted by Crippen LogP contribution is 2.26. The monoisotopic (exact) mass is 775 g/mol. The van der Waals surface area contributed by atoms with E-state index < -0.39 is 0 Å². The van der Waals surface area contributed by atoms with E-state index in [9.17, 15) is 5.11 Å². The predicted molar refractivity (Wildman–Crippen MR) is 249 cm³/mol. The first-order valence-corrected chi connectivity index (χ1v) is 24.6. The van der Waals surface area contributed by atoms with Crippen LogP contribution in [0.5, 0.6) is 0 Å². The molecule has 0 amide bonds. The van der Waals surface area contributed by atoms with Gasteiger partial charge < -0.3 is 20.0 Å². The summed E-state index contributed by atoms with van der Waals surface area (Å²) >= 11 is 0. The third-order valence-electron chi connectivity index (χ3n) is 11.3. The molecule has 328 valence electrons. The number of hydrogen-bond donors (Lipinski definition) is 2. The van der Waals surface area contributed by atoms with Gasteiger partial charge in [-0.2, -0.15) is 0 Å². The van der Waals surface area contributed by atoms with Gasteiger partial charge in [0.1, 0.15) is 0 Å². The molecule has 1 aliphatic rings. The Bertz CT molecular complexity index is 768. The largest absolute Gasteiger partial charge is 0.516 e. The van der Waals surface area contributed by atoms with Gasteiger partial charge in [-0.05, 0) is 96.2 Å². The van der Waals surface area contributed by atoms with Crippen LogP contribution in [0.2, 0.25) is 0 Å². The van der Waals surface area contributed by atoms with Gasteiger partial charge in [0.25, 0.3) is 0 Å². The Hall–Kier alpha value is -1.06. The zero-order valence-electron chi connectivity index (χ0n) is 38.5. The maximum atomic E-state index is 9.46. The molecule has 4 nitrogen and oxygen atoms in total. The third-order valence-corrected chi connectivity index (χ3v) is 11.3. The fourth-order valence-corrected chi connectivity index (χ4v) is 7.44. The average Bonchev–Trinajstić information content (AvgIpc) is 4.03. The lowest BCUT2D eigenvalue weighted by Gasteiger charge is -2.21. The zero-order valence-corrected chi connectivity index (χ0v) is 38.5. The number of unbranched alkanes of at least 4 members (excludes halogenated alkanes) is 25. The number of hydrogen-bond acceptors (Lipinski definition) is 4. The summed E-state index contributed by atoms with van der Waals surface area (Å²) in [7, 11) is 4.30. The molecule has 0 radical (unpaired) electrons. The molecule has 4 heteroatoms. The second-order valence-electron chi connectivity index (χ2n) is 17.3. The van der Waals surface area contributed by atoms with E-state index in [0.717, 1.165) is 38.3 Å². The van der Waals surface area contributed by atoms with Crippen molar-refractivity contribution in [3.05, 3.63) is 30.2 Å². The van der Waals surface area contributed by atoms with Crippen LogP contribution in [0.4, 0.5) is 0 Å². The van der Waals surface area contributed by atoms with E-state index in [2.05, 4.69) is 57.0 Å². The lowest BCUT2D eigenvalue weighted by Crippen LogP contribution is -2.29. The summed E-state index contributed by atoms with van der Waals surface area (Å²) in [6.45, 7) is 15.3. The van der Waals surface area contributed by atoms with E-state index >= 15 is 0 Å². The van der Waals surface area contributed by atoms with Gasteiger partial charge in [-0.25, -0.2) is 0 Å². The third kappa shape index (κ3) is 50.9. The Morgan fingerprint density at radius 2 is 0.891 bits per heavy atom. The van der Waals surface area contributed by atoms with E-state index in [1.54, 1.807) is 0 Å². The quantitative estimate of drug-likeness (QED) is 0.0370. The summed E-state index contributed by atoms with van der Waals surface area (Å²) in [5.74, 6) is 0.992. The van der Waals surface area contributed by atoms with Crippen LogP contribution < -0.4 is 0 Å². The zero-order chi connectivity index (χ0) is 40.7. The second-order valence-corrected chi connectivity index (χ2v) is 17.3. The molecular formula is C51H102N2O2. The molecule has 0 aromatic heterocycles. The first-order valence-electron chi connectivity index (χ1n) is 24.6. The van der Waals surface area contributed by atoms with Gasteiger partial charge in [0, 0.05) is 6.54 Å². The molecule has 1 rings (SSSR count). The van der Waals surface area contributed by atoms with Crippen molar-refractivity contribution in [2.45, 2.75) is 245 Å². The van der Waals surface area contributed by atoms with E-state index in [1.165, 1.54) is 230 Å². The SMILES string of the molecule is C=C=CCCCCCCCN(CCO)CCCCCCCC(CCCCCCCC)CCCCCCCC.CCCCCCCCCN(C)C.OC=C1CC1. The number of aliphatic hydroxyl groups is 2. The Labute approximate surface area is 347 Å². The summed E-state index contributed by atoms with van der Waals surface area (Å²) < 4.78 is 0. The molecule has 55 heavy (non-hydrogen) atoms. The first kappa shape index (κ1) is 56.0.